The normalized spacial score (nSPS) is 14.7. The molecule has 1 aliphatic rings. The highest BCUT2D eigenvalue weighted by Crippen LogP contribution is 2.25. The molecule has 8 heteroatoms. The van der Waals surface area contributed by atoms with Crippen LogP contribution in [0.5, 0.6) is 5.75 Å². The molecule has 0 unspecified atom stereocenters. The van der Waals surface area contributed by atoms with E-state index in [4.69, 9.17) is 9.47 Å². The number of hydrogen-bond acceptors (Lipinski definition) is 7. The number of carbonyl (C=O) groups excluding carboxylic acids is 2. The van der Waals surface area contributed by atoms with Crippen molar-refractivity contribution in [1.82, 2.24) is 0 Å². The quantitative estimate of drug-likeness (QED) is 0.275. The number of esters is 2. The minimum absolute atomic E-state index is 0.0259. The van der Waals surface area contributed by atoms with Crippen LogP contribution in [0.1, 0.15) is 18.1 Å². The van der Waals surface area contributed by atoms with Crippen LogP contribution in [-0.2, 0) is 14.3 Å². The first-order chi connectivity index (χ1) is 12.4. The maximum Gasteiger partial charge on any atom is 0.363 e. The molecule has 8 nitrogen and oxygen atoms in total. The van der Waals surface area contributed by atoms with Gasteiger partial charge in [0, 0.05) is 30.2 Å². The average Bonchev–Trinajstić information content (AvgIpc) is 2.97. The van der Waals surface area contributed by atoms with Crippen molar-refractivity contribution in [3.05, 3.63) is 75.5 Å². The van der Waals surface area contributed by atoms with E-state index in [1.54, 1.807) is 24.3 Å². The molecule has 0 saturated heterocycles. The van der Waals surface area contributed by atoms with Crippen LogP contribution in [0.3, 0.4) is 0 Å². The third kappa shape index (κ3) is 3.64. The minimum Gasteiger partial charge on any atom is -0.426 e. The number of nitro groups is 1. The van der Waals surface area contributed by atoms with Gasteiger partial charge in [-0.3, -0.25) is 14.9 Å². The molecule has 2 aromatic carbocycles. The van der Waals surface area contributed by atoms with Crippen LogP contribution in [0.25, 0.3) is 6.08 Å². The van der Waals surface area contributed by atoms with Gasteiger partial charge in [-0.1, -0.05) is 18.2 Å². The monoisotopic (exact) mass is 352 g/mol. The fourth-order valence-electron chi connectivity index (χ4n) is 2.25. The molecule has 0 aliphatic carbocycles. The predicted octanol–water partition coefficient (Wildman–Crippen LogP) is 2.86. The lowest BCUT2D eigenvalue weighted by atomic mass is 10.1. The number of nitro benzene ring substituents is 1. The molecule has 0 N–H and O–H groups in total. The molecule has 3 rings (SSSR count). The van der Waals surface area contributed by atoms with Crippen LogP contribution in [0, 0.1) is 10.1 Å². The first kappa shape index (κ1) is 17.0. The molecule has 0 aromatic heterocycles. The lowest BCUT2D eigenvalue weighted by molar-refractivity contribution is -0.384. The van der Waals surface area contributed by atoms with E-state index in [-0.39, 0.29) is 17.3 Å². The molecule has 1 aliphatic heterocycles. The highest BCUT2D eigenvalue weighted by Gasteiger charge is 2.25. The van der Waals surface area contributed by atoms with Gasteiger partial charge in [0.1, 0.15) is 5.75 Å². The van der Waals surface area contributed by atoms with Crippen LogP contribution >= 0.6 is 0 Å². The zero-order chi connectivity index (χ0) is 18.7. The topological polar surface area (TPSA) is 108 Å². The molecular weight excluding hydrogens is 340 g/mol. The number of rotatable bonds is 4. The standard InChI is InChI=1S/C18H12N2O6/c1-11(21)25-16-5-3-2-4-13(16)10-15-18(22)26-17(19-15)12-6-8-14(9-7-12)20(23)24/h2-10H,1H3/b15-10-. The van der Waals surface area contributed by atoms with Gasteiger partial charge in [-0.2, -0.15) is 0 Å². The Morgan fingerprint density at radius 2 is 1.88 bits per heavy atom. The number of cyclic esters (lactones) is 1. The number of ether oxygens (including phenoxy) is 2. The highest BCUT2D eigenvalue weighted by molar-refractivity contribution is 6.13. The van der Waals surface area contributed by atoms with Gasteiger partial charge in [-0.05, 0) is 24.3 Å². The molecule has 0 radical (unpaired) electrons. The van der Waals surface area contributed by atoms with Crippen molar-refractivity contribution in [2.45, 2.75) is 6.92 Å². The van der Waals surface area contributed by atoms with E-state index < -0.39 is 16.9 Å². The molecule has 1 heterocycles. The smallest absolute Gasteiger partial charge is 0.363 e. The largest absolute Gasteiger partial charge is 0.426 e. The molecule has 130 valence electrons. The van der Waals surface area contributed by atoms with Gasteiger partial charge in [-0.15, -0.1) is 0 Å². The second-order valence-corrected chi connectivity index (χ2v) is 5.27. The Kier molecular flexibility index (Phi) is 4.57. The minimum atomic E-state index is -0.670. The molecular formula is C18H12N2O6. The van der Waals surface area contributed by atoms with Crippen LogP contribution in [-0.4, -0.2) is 22.8 Å². The Hall–Kier alpha value is -3.81. The number of carbonyl (C=O) groups is 2. The molecule has 0 atom stereocenters. The summed E-state index contributed by atoms with van der Waals surface area (Å²) in [5.41, 5.74) is 0.867. The van der Waals surface area contributed by atoms with Crippen molar-refractivity contribution in [2.24, 2.45) is 4.99 Å². The highest BCUT2D eigenvalue weighted by atomic mass is 16.6. The third-order valence-corrected chi connectivity index (χ3v) is 3.41. The number of hydrogen-bond donors (Lipinski definition) is 0. The number of benzene rings is 2. The van der Waals surface area contributed by atoms with Crippen molar-refractivity contribution in [2.75, 3.05) is 0 Å². The fraction of sp³-hybridized carbons (Fsp3) is 0.0556. The summed E-state index contributed by atoms with van der Waals surface area (Å²) in [7, 11) is 0. The number of non-ortho nitro benzene ring substituents is 1. The van der Waals surface area contributed by atoms with E-state index in [1.165, 1.54) is 37.3 Å². The van der Waals surface area contributed by atoms with E-state index in [1.807, 2.05) is 0 Å². The zero-order valence-corrected chi connectivity index (χ0v) is 13.5. The molecule has 0 saturated carbocycles. The van der Waals surface area contributed by atoms with Crippen molar-refractivity contribution in [3.63, 3.8) is 0 Å². The summed E-state index contributed by atoms with van der Waals surface area (Å²) in [5.74, 6) is -0.823. The van der Waals surface area contributed by atoms with Gasteiger partial charge < -0.3 is 9.47 Å². The average molecular weight is 352 g/mol. The van der Waals surface area contributed by atoms with Crippen molar-refractivity contribution in [3.8, 4) is 5.75 Å². The number of nitrogens with zero attached hydrogens (tertiary/aromatic N) is 2. The van der Waals surface area contributed by atoms with E-state index in [0.717, 1.165) is 0 Å². The van der Waals surface area contributed by atoms with E-state index >= 15 is 0 Å². The summed E-state index contributed by atoms with van der Waals surface area (Å²) >= 11 is 0. The Morgan fingerprint density at radius 1 is 1.19 bits per heavy atom. The SMILES string of the molecule is CC(=O)Oc1ccccc1/C=C1\N=C(c2ccc([N+](=O)[O-])cc2)OC1=O. The third-order valence-electron chi connectivity index (χ3n) is 3.41. The van der Waals surface area contributed by atoms with E-state index in [0.29, 0.717) is 16.9 Å². The van der Waals surface area contributed by atoms with Gasteiger partial charge in [0.05, 0.1) is 4.92 Å². The zero-order valence-electron chi connectivity index (χ0n) is 13.5. The van der Waals surface area contributed by atoms with Crippen LogP contribution in [0.4, 0.5) is 5.69 Å². The van der Waals surface area contributed by atoms with Crippen LogP contribution in [0.2, 0.25) is 0 Å². The predicted molar refractivity (Wildman–Crippen MR) is 91.5 cm³/mol. The van der Waals surface area contributed by atoms with Gasteiger partial charge in [0.2, 0.25) is 5.90 Å². The summed E-state index contributed by atoms with van der Waals surface area (Å²) in [6.07, 6.45) is 1.44. The van der Waals surface area contributed by atoms with Crippen LogP contribution < -0.4 is 4.74 Å². The fourth-order valence-corrected chi connectivity index (χ4v) is 2.25. The Bertz CT molecular complexity index is 960. The summed E-state index contributed by atoms with van der Waals surface area (Å²) in [4.78, 5) is 37.5. The second kappa shape index (κ2) is 6.98. The molecule has 0 fully saturated rings. The van der Waals surface area contributed by atoms with Gasteiger partial charge in [0.25, 0.3) is 5.69 Å². The van der Waals surface area contributed by atoms with E-state index in [9.17, 15) is 19.7 Å². The Labute approximate surface area is 147 Å². The van der Waals surface area contributed by atoms with Crippen LogP contribution in [0.15, 0.2) is 59.2 Å². The molecule has 2 aromatic rings. The van der Waals surface area contributed by atoms with Gasteiger partial charge >= 0.3 is 11.9 Å². The van der Waals surface area contributed by atoms with Crippen molar-refractivity contribution >= 4 is 29.6 Å². The second-order valence-electron chi connectivity index (χ2n) is 5.27. The molecule has 0 bridgehead atoms. The molecule has 0 spiro atoms. The number of aliphatic imine (C=N–C) groups is 1. The maximum absolute atomic E-state index is 12.0. The summed E-state index contributed by atoms with van der Waals surface area (Å²) in [6.45, 7) is 1.28. The lowest BCUT2D eigenvalue weighted by Gasteiger charge is -2.04. The van der Waals surface area contributed by atoms with Gasteiger partial charge in [0.15, 0.2) is 5.70 Å². The Morgan fingerprint density at radius 3 is 2.54 bits per heavy atom. The summed E-state index contributed by atoms with van der Waals surface area (Å²) in [5, 5.41) is 10.7. The first-order valence-corrected chi connectivity index (χ1v) is 7.49. The molecule has 0 amide bonds. The Balaban J connectivity index is 1.92. The number of para-hydroxylation sites is 1. The lowest BCUT2D eigenvalue weighted by Crippen LogP contribution is -2.05. The summed E-state index contributed by atoms with van der Waals surface area (Å²) in [6, 6.07) is 12.2. The summed E-state index contributed by atoms with van der Waals surface area (Å²) < 4.78 is 10.2. The molecule has 26 heavy (non-hydrogen) atoms. The van der Waals surface area contributed by atoms with Gasteiger partial charge in [-0.25, -0.2) is 9.79 Å². The maximum atomic E-state index is 12.0. The van der Waals surface area contributed by atoms with Crippen molar-refractivity contribution in [1.29, 1.82) is 0 Å². The van der Waals surface area contributed by atoms with E-state index in [2.05, 4.69) is 4.99 Å². The first-order valence-electron chi connectivity index (χ1n) is 7.49. The van der Waals surface area contributed by atoms with Crippen molar-refractivity contribution < 1.29 is 24.0 Å².